The van der Waals surface area contributed by atoms with Gasteiger partial charge in [0.05, 0.1) is 13.1 Å². The van der Waals surface area contributed by atoms with Crippen LogP contribution in [0.2, 0.25) is 0 Å². The average molecular weight is 326 g/mol. The Kier molecular flexibility index (Phi) is 4.30. The highest BCUT2D eigenvalue weighted by Crippen LogP contribution is 2.10. The molecular weight excluding hydrogens is 308 g/mol. The number of aromatic nitrogens is 2. The highest BCUT2D eigenvalue weighted by Gasteiger charge is 2.08. The molecule has 118 valence electrons. The van der Waals surface area contributed by atoms with Crippen molar-refractivity contribution >= 4 is 11.3 Å². The fourth-order valence-corrected chi connectivity index (χ4v) is 3.44. The average Bonchev–Trinajstić information content (AvgIpc) is 2.98. The van der Waals surface area contributed by atoms with Gasteiger partial charge in [-0.2, -0.15) is 0 Å². The van der Waals surface area contributed by atoms with Crippen molar-refractivity contribution in [1.82, 2.24) is 9.13 Å². The normalized spacial score (nSPS) is 10.9. The summed E-state index contributed by atoms with van der Waals surface area (Å²) in [5.41, 5.74) is 2.68. The van der Waals surface area contributed by atoms with Gasteiger partial charge in [0.15, 0.2) is 0 Å². The van der Waals surface area contributed by atoms with Crippen LogP contribution in [0.3, 0.4) is 0 Å². The molecule has 0 spiro atoms. The van der Waals surface area contributed by atoms with Gasteiger partial charge in [-0.25, -0.2) is 4.79 Å². The molecule has 0 aliphatic carbocycles. The molecule has 4 nitrogen and oxygen atoms in total. The van der Waals surface area contributed by atoms with Crippen molar-refractivity contribution in [3.05, 3.63) is 90.4 Å². The molecule has 0 atom stereocenters. The lowest BCUT2D eigenvalue weighted by atomic mass is 10.1. The molecule has 0 amide bonds. The van der Waals surface area contributed by atoms with E-state index < -0.39 is 0 Å². The third kappa shape index (κ3) is 3.51. The summed E-state index contributed by atoms with van der Waals surface area (Å²) in [5, 5.41) is 1.98. The largest absolute Gasteiger partial charge is 0.331 e. The molecule has 0 bridgehead atoms. The first-order valence-electron chi connectivity index (χ1n) is 7.43. The second-order valence-electron chi connectivity index (χ2n) is 5.73. The van der Waals surface area contributed by atoms with Gasteiger partial charge in [-0.15, -0.1) is 11.3 Å². The Morgan fingerprint density at radius 3 is 2.39 bits per heavy atom. The summed E-state index contributed by atoms with van der Waals surface area (Å²) in [4.78, 5) is 25.8. The van der Waals surface area contributed by atoms with E-state index in [4.69, 9.17) is 0 Å². The molecule has 0 saturated carbocycles. The Bertz CT molecular complexity index is 916. The Morgan fingerprint density at radius 2 is 1.74 bits per heavy atom. The molecule has 5 heteroatoms. The van der Waals surface area contributed by atoms with Gasteiger partial charge in [-0.3, -0.25) is 13.9 Å². The maximum atomic E-state index is 12.6. The van der Waals surface area contributed by atoms with Crippen molar-refractivity contribution in [2.45, 2.75) is 26.9 Å². The van der Waals surface area contributed by atoms with Gasteiger partial charge in [0.25, 0.3) is 5.56 Å². The molecule has 0 N–H and O–H groups in total. The molecule has 23 heavy (non-hydrogen) atoms. The Hall–Kier alpha value is -2.40. The zero-order chi connectivity index (χ0) is 16.4. The quantitative estimate of drug-likeness (QED) is 0.740. The van der Waals surface area contributed by atoms with E-state index in [2.05, 4.69) is 6.07 Å². The van der Waals surface area contributed by atoms with Crippen molar-refractivity contribution in [1.29, 1.82) is 0 Å². The van der Waals surface area contributed by atoms with Gasteiger partial charge >= 0.3 is 5.69 Å². The van der Waals surface area contributed by atoms with Crippen LogP contribution in [0.4, 0.5) is 0 Å². The highest BCUT2D eigenvalue weighted by molar-refractivity contribution is 7.09. The Balaban J connectivity index is 1.98. The van der Waals surface area contributed by atoms with Crippen molar-refractivity contribution in [3.8, 4) is 0 Å². The summed E-state index contributed by atoms with van der Waals surface area (Å²) in [6.45, 7) is 4.81. The van der Waals surface area contributed by atoms with Crippen LogP contribution >= 0.6 is 11.3 Å². The van der Waals surface area contributed by atoms with Crippen molar-refractivity contribution in [3.63, 3.8) is 0 Å². The van der Waals surface area contributed by atoms with E-state index in [1.54, 1.807) is 22.1 Å². The van der Waals surface area contributed by atoms with Gasteiger partial charge in [-0.1, -0.05) is 35.4 Å². The predicted octanol–water partition coefficient (Wildman–Crippen LogP) is 2.78. The zero-order valence-electron chi connectivity index (χ0n) is 13.2. The molecule has 1 aromatic carbocycles. The molecule has 2 aromatic heterocycles. The smallest absolute Gasteiger partial charge is 0.295 e. The monoisotopic (exact) mass is 326 g/mol. The fraction of sp³-hybridized carbons (Fsp3) is 0.222. The molecule has 0 aliphatic heterocycles. The molecular formula is C18H18N2O2S. The maximum absolute atomic E-state index is 12.6. The topological polar surface area (TPSA) is 44.0 Å². The first-order valence-corrected chi connectivity index (χ1v) is 8.31. The van der Waals surface area contributed by atoms with Crippen LogP contribution in [0.25, 0.3) is 0 Å². The van der Waals surface area contributed by atoms with Crippen molar-refractivity contribution < 1.29 is 0 Å². The second-order valence-corrected chi connectivity index (χ2v) is 6.76. The number of nitrogens with zero attached hydrogens (tertiary/aromatic N) is 2. The lowest BCUT2D eigenvalue weighted by molar-refractivity contribution is 0.614. The Morgan fingerprint density at radius 1 is 1.00 bits per heavy atom. The SMILES string of the molecule is Cc1cc(C)cc(Cn2c(=O)ccn(Cc3cccs3)c2=O)c1. The van der Waals surface area contributed by atoms with E-state index in [0.29, 0.717) is 13.1 Å². The van der Waals surface area contributed by atoms with E-state index in [0.717, 1.165) is 21.6 Å². The molecule has 3 rings (SSSR count). The standard InChI is InChI=1S/C18H18N2O2S/c1-13-8-14(2)10-15(9-13)11-20-17(21)5-6-19(18(20)22)12-16-4-3-7-23-16/h3-10H,11-12H2,1-2H3. The van der Waals surface area contributed by atoms with E-state index in [1.807, 2.05) is 43.5 Å². The fourth-order valence-electron chi connectivity index (χ4n) is 2.74. The van der Waals surface area contributed by atoms with Crippen LogP contribution in [-0.4, -0.2) is 9.13 Å². The van der Waals surface area contributed by atoms with E-state index in [1.165, 1.54) is 10.6 Å². The molecule has 2 heterocycles. The van der Waals surface area contributed by atoms with Gasteiger partial charge in [0, 0.05) is 17.1 Å². The van der Waals surface area contributed by atoms with Crippen molar-refractivity contribution in [2.24, 2.45) is 0 Å². The lowest BCUT2D eigenvalue weighted by Gasteiger charge is -2.10. The van der Waals surface area contributed by atoms with Crippen LogP contribution in [0, 0.1) is 13.8 Å². The number of hydrogen-bond acceptors (Lipinski definition) is 3. The molecule has 0 radical (unpaired) electrons. The molecule has 0 aliphatic rings. The number of hydrogen-bond donors (Lipinski definition) is 0. The summed E-state index contributed by atoms with van der Waals surface area (Å²) >= 11 is 1.60. The number of aryl methyl sites for hydroxylation is 2. The van der Waals surface area contributed by atoms with Crippen molar-refractivity contribution in [2.75, 3.05) is 0 Å². The third-order valence-corrected chi connectivity index (χ3v) is 4.53. The highest BCUT2D eigenvalue weighted by atomic mass is 32.1. The number of rotatable bonds is 4. The number of thiophene rings is 1. The van der Waals surface area contributed by atoms with Crippen LogP contribution in [0.5, 0.6) is 0 Å². The number of benzene rings is 1. The molecule has 0 fully saturated rings. The molecule has 0 saturated heterocycles. The van der Waals surface area contributed by atoms with Crippen LogP contribution < -0.4 is 11.2 Å². The summed E-state index contributed by atoms with van der Waals surface area (Å²) in [6, 6.07) is 11.5. The maximum Gasteiger partial charge on any atom is 0.331 e. The first-order chi connectivity index (χ1) is 11.0. The zero-order valence-corrected chi connectivity index (χ0v) is 14.0. The van der Waals surface area contributed by atoms with Crippen LogP contribution in [-0.2, 0) is 13.1 Å². The Labute approximate surface area is 138 Å². The minimum absolute atomic E-state index is 0.267. The van der Waals surface area contributed by atoms with Crippen LogP contribution in [0.1, 0.15) is 21.6 Å². The van der Waals surface area contributed by atoms with Gasteiger partial charge in [-0.05, 0) is 30.9 Å². The van der Waals surface area contributed by atoms with Gasteiger partial charge < -0.3 is 0 Å². The van der Waals surface area contributed by atoms with Gasteiger partial charge in [0.2, 0.25) is 0 Å². The lowest BCUT2D eigenvalue weighted by Crippen LogP contribution is -2.39. The summed E-state index contributed by atoms with van der Waals surface area (Å²) in [5.74, 6) is 0. The minimum atomic E-state index is -0.273. The van der Waals surface area contributed by atoms with Gasteiger partial charge in [0.1, 0.15) is 0 Å². The second kappa shape index (κ2) is 6.38. The summed E-state index contributed by atoms with van der Waals surface area (Å²) in [6.07, 6.45) is 1.57. The summed E-state index contributed by atoms with van der Waals surface area (Å²) in [7, 11) is 0. The predicted molar refractivity (Wildman–Crippen MR) is 93.4 cm³/mol. The molecule has 3 aromatic rings. The third-order valence-electron chi connectivity index (χ3n) is 3.67. The summed E-state index contributed by atoms with van der Waals surface area (Å²) < 4.78 is 2.87. The minimum Gasteiger partial charge on any atom is -0.295 e. The van der Waals surface area contributed by atoms with E-state index in [-0.39, 0.29) is 11.2 Å². The molecule has 0 unspecified atom stereocenters. The van der Waals surface area contributed by atoms with E-state index >= 15 is 0 Å². The van der Waals surface area contributed by atoms with E-state index in [9.17, 15) is 9.59 Å². The first kappa shape index (κ1) is 15.5. The van der Waals surface area contributed by atoms with Crippen LogP contribution in [0.15, 0.2) is 57.6 Å².